The first-order chi connectivity index (χ1) is 12.6. The molecule has 142 valence electrons. The number of imidazole rings is 1. The third kappa shape index (κ3) is 3.63. The van der Waals surface area contributed by atoms with Crippen LogP contribution in [0.3, 0.4) is 0 Å². The molecule has 0 radical (unpaired) electrons. The Bertz CT molecular complexity index is 648. The fraction of sp³-hybridized carbons (Fsp3) is 0.737. The van der Waals surface area contributed by atoms with Crippen molar-refractivity contribution >= 4 is 11.9 Å². The van der Waals surface area contributed by atoms with E-state index in [0.29, 0.717) is 5.91 Å². The number of aromatic nitrogens is 2. The van der Waals surface area contributed by atoms with Crippen molar-refractivity contribution in [3.63, 3.8) is 0 Å². The minimum Gasteiger partial charge on any atom is -0.480 e. The molecule has 2 saturated heterocycles. The Labute approximate surface area is 154 Å². The summed E-state index contributed by atoms with van der Waals surface area (Å²) in [5.41, 5.74) is 0.0679. The normalized spacial score (nSPS) is 25.7. The van der Waals surface area contributed by atoms with Gasteiger partial charge in [-0.05, 0) is 43.9 Å². The van der Waals surface area contributed by atoms with E-state index in [1.54, 1.807) is 12.5 Å². The highest BCUT2D eigenvalue weighted by Crippen LogP contribution is 2.44. The van der Waals surface area contributed by atoms with Crippen LogP contribution in [0.4, 0.5) is 0 Å². The van der Waals surface area contributed by atoms with Crippen LogP contribution in [-0.2, 0) is 16.1 Å². The van der Waals surface area contributed by atoms with Crippen molar-refractivity contribution in [2.45, 2.75) is 51.1 Å². The van der Waals surface area contributed by atoms with Crippen LogP contribution in [0.2, 0.25) is 0 Å². The summed E-state index contributed by atoms with van der Waals surface area (Å²) in [5.74, 6) is -0.107. The number of aryl methyl sites for hydroxylation is 1. The summed E-state index contributed by atoms with van der Waals surface area (Å²) in [5, 5.41) is 9.68. The van der Waals surface area contributed by atoms with Gasteiger partial charge in [-0.2, -0.15) is 0 Å². The van der Waals surface area contributed by atoms with Crippen molar-refractivity contribution in [3.05, 3.63) is 18.7 Å². The number of carboxylic acid groups (broad SMARTS) is 1. The van der Waals surface area contributed by atoms with Gasteiger partial charge in [0.05, 0.1) is 6.33 Å². The zero-order chi connectivity index (χ0) is 18.1. The number of amides is 1. The number of carbonyl (C=O) groups excluding carboxylic acids is 1. The maximum atomic E-state index is 12.3. The van der Waals surface area contributed by atoms with Gasteiger partial charge < -0.3 is 14.6 Å². The van der Waals surface area contributed by atoms with Gasteiger partial charge in [-0.3, -0.25) is 14.5 Å². The molecule has 2 aliphatic heterocycles. The van der Waals surface area contributed by atoms with E-state index in [4.69, 9.17) is 0 Å². The summed E-state index contributed by atoms with van der Waals surface area (Å²) in [4.78, 5) is 32.3. The number of piperidine rings is 1. The van der Waals surface area contributed by atoms with Crippen LogP contribution in [0, 0.1) is 11.3 Å². The van der Waals surface area contributed by atoms with Gasteiger partial charge in [0.1, 0.15) is 6.04 Å². The number of carboxylic acids is 1. The number of likely N-dealkylation sites (tertiary alicyclic amines) is 2. The molecule has 0 bridgehead atoms. The second-order valence-corrected chi connectivity index (χ2v) is 8.28. The maximum Gasteiger partial charge on any atom is 0.320 e. The molecule has 7 nitrogen and oxygen atoms in total. The predicted molar refractivity (Wildman–Crippen MR) is 95.4 cm³/mol. The number of rotatable bonds is 6. The van der Waals surface area contributed by atoms with Gasteiger partial charge in [-0.1, -0.05) is 0 Å². The van der Waals surface area contributed by atoms with Crippen LogP contribution >= 0.6 is 0 Å². The van der Waals surface area contributed by atoms with Crippen LogP contribution in [0.25, 0.3) is 0 Å². The molecule has 0 aromatic carbocycles. The number of nitrogens with zero attached hydrogens (tertiary/aromatic N) is 4. The molecule has 3 aliphatic rings. The van der Waals surface area contributed by atoms with Gasteiger partial charge in [-0.15, -0.1) is 0 Å². The molecule has 1 spiro atoms. The monoisotopic (exact) mass is 360 g/mol. The number of hydrogen-bond acceptors (Lipinski definition) is 4. The zero-order valence-corrected chi connectivity index (χ0v) is 15.2. The van der Waals surface area contributed by atoms with Crippen molar-refractivity contribution in [2.75, 3.05) is 26.2 Å². The molecule has 1 aromatic rings. The molecule has 1 amide bonds. The maximum absolute atomic E-state index is 12.3. The minimum absolute atomic E-state index is 0.0679. The van der Waals surface area contributed by atoms with Gasteiger partial charge in [-0.25, -0.2) is 4.98 Å². The third-order valence-electron chi connectivity index (χ3n) is 6.37. The Morgan fingerprint density at radius 3 is 2.58 bits per heavy atom. The number of carbonyl (C=O) groups is 2. The molecule has 1 aliphatic carbocycles. The molecular weight excluding hydrogens is 332 g/mol. The second-order valence-electron chi connectivity index (χ2n) is 8.28. The van der Waals surface area contributed by atoms with E-state index in [9.17, 15) is 14.7 Å². The molecule has 4 rings (SSSR count). The minimum atomic E-state index is -0.707. The third-order valence-corrected chi connectivity index (χ3v) is 6.37. The predicted octanol–water partition coefficient (Wildman–Crippen LogP) is 1.45. The lowest BCUT2D eigenvalue weighted by atomic mass is 9.76. The first-order valence-corrected chi connectivity index (χ1v) is 9.78. The van der Waals surface area contributed by atoms with Gasteiger partial charge in [0, 0.05) is 51.0 Å². The van der Waals surface area contributed by atoms with E-state index < -0.39 is 5.97 Å². The summed E-state index contributed by atoms with van der Waals surface area (Å²) in [6, 6.07) is -0.386. The Kier molecular flexibility index (Phi) is 4.73. The molecule has 26 heavy (non-hydrogen) atoms. The first kappa shape index (κ1) is 17.5. The fourth-order valence-corrected chi connectivity index (χ4v) is 4.65. The standard InChI is InChI=1S/C19H28N4O3/c24-17(15-2-3-15)22-9-4-19(5-10-22)12-16(18(25)26)23(13-19)8-1-7-21-11-6-20-14-21/h6,11,14-16H,1-5,7-10,12-13H2,(H,25,26). The highest BCUT2D eigenvalue weighted by atomic mass is 16.4. The highest BCUT2D eigenvalue weighted by molar-refractivity contribution is 5.81. The molecule has 7 heteroatoms. The lowest BCUT2D eigenvalue weighted by Crippen LogP contribution is -2.44. The zero-order valence-electron chi connectivity index (χ0n) is 15.2. The van der Waals surface area contributed by atoms with Crippen molar-refractivity contribution in [3.8, 4) is 0 Å². The van der Waals surface area contributed by atoms with Crippen LogP contribution in [0.1, 0.15) is 38.5 Å². The largest absolute Gasteiger partial charge is 0.480 e. The Morgan fingerprint density at radius 2 is 1.96 bits per heavy atom. The van der Waals surface area contributed by atoms with Crippen molar-refractivity contribution in [2.24, 2.45) is 11.3 Å². The average molecular weight is 360 g/mol. The van der Waals surface area contributed by atoms with E-state index in [2.05, 4.69) is 9.88 Å². The highest BCUT2D eigenvalue weighted by Gasteiger charge is 2.48. The molecule has 3 heterocycles. The van der Waals surface area contributed by atoms with Crippen molar-refractivity contribution in [1.29, 1.82) is 0 Å². The lowest BCUT2D eigenvalue weighted by Gasteiger charge is -2.39. The van der Waals surface area contributed by atoms with Gasteiger partial charge in [0.2, 0.25) is 5.91 Å². The average Bonchev–Trinajstić information content (AvgIpc) is 3.24. The molecule has 1 atom stereocenters. The second kappa shape index (κ2) is 7.02. The first-order valence-electron chi connectivity index (χ1n) is 9.78. The molecular formula is C19H28N4O3. The number of aliphatic carboxylic acids is 1. The summed E-state index contributed by atoms with van der Waals surface area (Å²) in [6.07, 6.45) is 11.1. The molecule has 1 N–H and O–H groups in total. The Morgan fingerprint density at radius 1 is 1.19 bits per heavy atom. The van der Waals surface area contributed by atoms with Crippen LogP contribution < -0.4 is 0 Å². The summed E-state index contributed by atoms with van der Waals surface area (Å²) < 4.78 is 2.03. The molecule has 3 fully saturated rings. The van der Waals surface area contributed by atoms with Crippen molar-refractivity contribution in [1.82, 2.24) is 19.4 Å². The SMILES string of the molecule is O=C(O)C1CC2(CCN(C(=O)C3CC3)CC2)CN1CCCn1ccnc1. The Balaban J connectivity index is 1.33. The topological polar surface area (TPSA) is 78.7 Å². The fourth-order valence-electron chi connectivity index (χ4n) is 4.65. The number of hydrogen-bond donors (Lipinski definition) is 1. The van der Waals surface area contributed by atoms with Gasteiger partial charge in [0.15, 0.2) is 0 Å². The van der Waals surface area contributed by atoms with E-state index in [1.807, 2.05) is 15.7 Å². The van der Waals surface area contributed by atoms with E-state index in [-0.39, 0.29) is 17.4 Å². The molecule has 1 aromatic heterocycles. The van der Waals surface area contributed by atoms with Gasteiger partial charge in [0.25, 0.3) is 0 Å². The summed E-state index contributed by atoms with van der Waals surface area (Å²) >= 11 is 0. The van der Waals surface area contributed by atoms with E-state index >= 15 is 0 Å². The van der Waals surface area contributed by atoms with Gasteiger partial charge >= 0.3 is 5.97 Å². The Hall–Kier alpha value is -1.89. The summed E-state index contributed by atoms with van der Waals surface area (Å²) in [7, 11) is 0. The van der Waals surface area contributed by atoms with Crippen LogP contribution in [0.15, 0.2) is 18.7 Å². The molecule has 1 unspecified atom stereocenters. The quantitative estimate of drug-likeness (QED) is 0.831. The van der Waals surface area contributed by atoms with E-state index in [1.165, 1.54) is 0 Å². The lowest BCUT2D eigenvalue weighted by molar-refractivity contribution is -0.142. The smallest absolute Gasteiger partial charge is 0.320 e. The summed E-state index contributed by atoms with van der Waals surface area (Å²) in [6.45, 7) is 4.09. The van der Waals surface area contributed by atoms with Crippen LogP contribution in [-0.4, -0.2) is 68.6 Å². The van der Waals surface area contributed by atoms with Crippen LogP contribution in [0.5, 0.6) is 0 Å². The molecule has 1 saturated carbocycles. The van der Waals surface area contributed by atoms with Crippen molar-refractivity contribution < 1.29 is 14.7 Å². The van der Waals surface area contributed by atoms with E-state index in [0.717, 1.165) is 71.2 Å².